The molecule has 0 radical (unpaired) electrons. The molecule has 1 amide bonds. The van der Waals surface area contributed by atoms with Crippen molar-refractivity contribution >= 4 is 17.5 Å². The lowest BCUT2D eigenvalue weighted by Gasteiger charge is -2.34. The van der Waals surface area contributed by atoms with Crippen LogP contribution in [0.2, 0.25) is 5.15 Å². The van der Waals surface area contributed by atoms with Gasteiger partial charge in [0, 0.05) is 39.3 Å². The normalized spacial score (nSPS) is 16.7. The highest BCUT2D eigenvalue weighted by molar-refractivity contribution is 6.33. The third-order valence-electron chi connectivity index (χ3n) is 3.65. The largest absolute Gasteiger partial charge is 0.395 e. The molecule has 1 N–H and O–H groups in total. The van der Waals surface area contributed by atoms with Gasteiger partial charge in [-0.1, -0.05) is 11.6 Å². The first-order valence-corrected chi connectivity index (χ1v) is 7.31. The zero-order valence-electron chi connectivity index (χ0n) is 12.0. The maximum atomic E-state index is 12.6. The van der Waals surface area contributed by atoms with Gasteiger partial charge in [0.25, 0.3) is 5.91 Å². The summed E-state index contributed by atoms with van der Waals surface area (Å²) in [6.45, 7) is 8.11. The number of aromatic nitrogens is 2. The molecule has 0 unspecified atom stereocenters. The summed E-state index contributed by atoms with van der Waals surface area (Å²) in [5.41, 5.74) is 1.20. The maximum absolute atomic E-state index is 12.6. The molecule has 6 nitrogen and oxygen atoms in total. The number of piperazine rings is 1. The Morgan fingerprint density at radius 1 is 1.35 bits per heavy atom. The average Bonchev–Trinajstić information content (AvgIpc) is 2.74. The summed E-state index contributed by atoms with van der Waals surface area (Å²) in [5, 5.41) is 13.6. The number of carbonyl (C=O) groups excluding carboxylic acids is 1. The fourth-order valence-electron chi connectivity index (χ4n) is 2.48. The number of β-amino-alcohol motifs (C(OH)–C–C–N with tert-alkyl or cyclic N) is 1. The van der Waals surface area contributed by atoms with Crippen LogP contribution < -0.4 is 0 Å². The molecular weight excluding hydrogens is 280 g/mol. The minimum absolute atomic E-state index is 0.0455. The summed E-state index contributed by atoms with van der Waals surface area (Å²) in [4.78, 5) is 16.5. The van der Waals surface area contributed by atoms with Gasteiger partial charge >= 0.3 is 0 Å². The Labute approximate surface area is 123 Å². The Hall–Kier alpha value is -1.11. The molecule has 0 aromatic carbocycles. The van der Waals surface area contributed by atoms with Crippen molar-refractivity contribution in [2.75, 3.05) is 39.3 Å². The number of hydrogen-bond acceptors (Lipinski definition) is 4. The van der Waals surface area contributed by atoms with Crippen molar-refractivity contribution in [1.82, 2.24) is 19.6 Å². The lowest BCUT2D eigenvalue weighted by molar-refractivity contribution is 0.0614. The van der Waals surface area contributed by atoms with Crippen LogP contribution in [0.15, 0.2) is 0 Å². The van der Waals surface area contributed by atoms with Crippen molar-refractivity contribution in [1.29, 1.82) is 0 Å². The van der Waals surface area contributed by atoms with Crippen LogP contribution in [0.1, 0.15) is 23.0 Å². The Morgan fingerprint density at radius 3 is 2.50 bits per heavy atom. The Balaban J connectivity index is 2.07. The van der Waals surface area contributed by atoms with Crippen LogP contribution in [0.4, 0.5) is 0 Å². The van der Waals surface area contributed by atoms with Crippen LogP contribution in [-0.4, -0.2) is 69.9 Å². The van der Waals surface area contributed by atoms with Crippen molar-refractivity contribution < 1.29 is 9.90 Å². The van der Waals surface area contributed by atoms with Crippen molar-refractivity contribution in [3.05, 3.63) is 16.4 Å². The van der Waals surface area contributed by atoms with Crippen LogP contribution >= 0.6 is 11.6 Å². The molecule has 112 valence electrons. The van der Waals surface area contributed by atoms with E-state index >= 15 is 0 Å². The van der Waals surface area contributed by atoms with E-state index in [9.17, 15) is 4.79 Å². The van der Waals surface area contributed by atoms with E-state index < -0.39 is 0 Å². The summed E-state index contributed by atoms with van der Waals surface area (Å²) in [6.07, 6.45) is 0. The molecular formula is C13H21ClN4O2. The Morgan fingerprint density at radius 2 is 2.00 bits per heavy atom. The molecule has 1 aromatic rings. The molecule has 0 atom stereocenters. The van der Waals surface area contributed by atoms with Gasteiger partial charge in [-0.2, -0.15) is 5.10 Å². The number of aryl methyl sites for hydroxylation is 2. The molecule has 7 heteroatoms. The highest BCUT2D eigenvalue weighted by Crippen LogP contribution is 2.22. The number of nitrogens with zero attached hydrogens (tertiary/aromatic N) is 4. The number of aliphatic hydroxyl groups excluding tert-OH is 1. The standard InChI is InChI=1S/C13H21ClN4O2/c1-3-18-12(14)11(10(2)15-18)13(20)17-6-4-16(5-7-17)8-9-19/h19H,3-9H2,1-2H3. The van der Waals surface area contributed by atoms with Crippen LogP contribution in [-0.2, 0) is 6.54 Å². The van der Waals surface area contributed by atoms with Crippen LogP contribution in [0.25, 0.3) is 0 Å². The third kappa shape index (κ3) is 2.97. The summed E-state index contributed by atoms with van der Waals surface area (Å²) in [6, 6.07) is 0. The summed E-state index contributed by atoms with van der Waals surface area (Å²) in [7, 11) is 0. The summed E-state index contributed by atoms with van der Waals surface area (Å²) >= 11 is 6.23. The van der Waals surface area contributed by atoms with Gasteiger partial charge in [0.15, 0.2) is 0 Å². The first kappa shape index (κ1) is 15.3. The van der Waals surface area contributed by atoms with E-state index in [1.54, 1.807) is 4.68 Å². The average molecular weight is 301 g/mol. The highest BCUT2D eigenvalue weighted by Gasteiger charge is 2.27. The predicted molar refractivity (Wildman–Crippen MR) is 77.1 cm³/mol. The number of hydrogen-bond donors (Lipinski definition) is 1. The molecule has 1 aromatic heterocycles. The van der Waals surface area contributed by atoms with Gasteiger partial charge in [-0.3, -0.25) is 14.4 Å². The van der Waals surface area contributed by atoms with Crippen LogP contribution in [0.3, 0.4) is 0 Å². The predicted octanol–water partition coefficient (Wildman–Crippen LogP) is 0.615. The zero-order chi connectivity index (χ0) is 14.7. The molecule has 1 fully saturated rings. The lowest BCUT2D eigenvalue weighted by Crippen LogP contribution is -2.49. The smallest absolute Gasteiger partial charge is 0.258 e. The maximum Gasteiger partial charge on any atom is 0.258 e. The van der Waals surface area contributed by atoms with Crippen molar-refractivity contribution in [3.63, 3.8) is 0 Å². The van der Waals surface area contributed by atoms with Gasteiger partial charge < -0.3 is 10.0 Å². The molecule has 0 saturated carbocycles. The third-order valence-corrected chi connectivity index (χ3v) is 4.04. The molecule has 2 rings (SSSR count). The molecule has 20 heavy (non-hydrogen) atoms. The zero-order valence-corrected chi connectivity index (χ0v) is 12.7. The number of carbonyl (C=O) groups is 1. The minimum atomic E-state index is -0.0455. The Bertz CT molecular complexity index is 481. The summed E-state index contributed by atoms with van der Waals surface area (Å²) < 4.78 is 1.64. The van der Waals surface area contributed by atoms with Crippen molar-refractivity contribution in [2.45, 2.75) is 20.4 Å². The highest BCUT2D eigenvalue weighted by atomic mass is 35.5. The fourth-order valence-corrected chi connectivity index (χ4v) is 2.85. The van der Waals surface area contributed by atoms with Crippen molar-refractivity contribution in [3.8, 4) is 0 Å². The first-order valence-electron chi connectivity index (χ1n) is 6.93. The molecule has 0 spiro atoms. The molecule has 1 saturated heterocycles. The van der Waals surface area contributed by atoms with Gasteiger partial charge in [-0.25, -0.2) is 0 Å². The van der Waals surface area contributed by atoms with Gasteiger partial charge in [-0.15, -0.1) is 0 Å². The molecule has 1 aliphatic heterocycles. The van der Waals surface area contributed by atoms with E-state index in [0.717, 1.165) is 13.1 Å². The van der Waals surface area contributed by atoms with E-state index in [1.807, 2.05) is 18.7 Å². The molecule has 0 bridgehead atoms. The number of halogens is 1. The van der Waals surface area contributed by atoms with Crippen LogP contribution in [0, 0.1) is 6.92 Å². The molecule has 0 aliphatic carbocycles. The Kier molecular flexibility index (Phi) is 5.01. The van der Waals surface area contributed by atoms with Gasteiger partial charge in [-0.05, 0) is 13.8 Å². The topological polar surface area (TPSA) is 61.6 Å². The SMILES string of the molecule is CCn1nc(C)c(C(=O)N2CCN(CCO)CC2)c1Cl. The number of amides is 1. The number of rotatable bonds is 4. The van der Waals surface area contributed by atoms with Gasteiger partial charge in [0.05, 0.1) is 17.9 Å². The number of aliphatic hydroxyl groups is 1. The fraction of sp³-hybridized carbons (Fsp3) is 0.692. The quantitative estimate of drug-likeness (QED) is 0.885. The minimum Gasteiger partial charge on any atom is -0.395 e. The first-order chi connectivity index (χ1) is 9.58. The lowest BCUT2D eigenvalue weighted by atomic mass is 10.2. The second-order valence-electron chi connectivity index (χ2n) is 4.92. The second kappa shape index (κ2) is 6.56. The summed E-state index contributed by atoms with van der Waals surface area (Å²) in [5.74, 6) is -0.0455. The van der Waals surface area contributed by atoms with Gasteiger partial charge in [0.2, 0.25) is 0 Å². The molecule has 2 heterocycles. The van der Waals surface area contributed by atoms with Gasteiger partial charge in [0.1, 0.15) is 5.15 Å². The van der Waals surface area contributed by atoms with E-state index in [0.29, 0.717) is 42.6 Å². The van der Waals surface area contributed by atoms with E-state index in [4.69, 9.17) is 16.7 Å². The molecule has 1 aliphatic rings. The monoisotopic (exact) mass is 300 g/mol. The van der Waals surface area contributed by atoms with E-state index in [1.165, 1.54) is 0 Å². The van der Waals surface area contributed by atoms with E-state index in [-0.39, 0.29) is 12.5 Å². The van der Waals surface area contributed by atoms with Crippen molar-refractivity contribution in [2.24, 2.45) is 0 Å². The van der Waals surface area contributed by atoms with E-state index in [2.05, 4.69) is 10.00 Å². The second-order valence-corrected chi connectivity index (χ2v) is 5.28. The van der Waals surface area contributed by atoms with Crippen LogP contribution in [0.5, 0.6) is 0 Å².